The van der Waals surface area contributed by atoms with Crippen LogP contribution in [-0.2, 0) is 6.54 Å². The molecular formula is C22H28N2O3S. The molecule has 0 fully saturated rings. The lowest BCUT2D eigenvalue weighted by Crippen LogP contribution is -2.24. The van der Waals surface area contributed by atoms with Crippen LogP contribution in [0, 0.1) is 5.92 Å². The lowest BCUT2D eigenvalue weighted by atomic mass is 9.97. The molecule has 2 heterocycles. The summed E-state index contributed by atoms with van der Waals surface area (Å²) >= 11 is 1.68. The Morgan fingerprint density at radius 3 is 2.79 bits per heavy atom. The fourth-order valence-electron chi connectivity index (χ4n) is 3.67. The predicted molar refractivity (Wildman–Crippen MR) is 113 cm³/mol. The van der Waals surface area contributed by atoms with Crippen LogP contribution < -0.4 is 15.0 Å². The van der Waals surface area contributed by atoms with Crippen LogP contribution in [0.25, 0.3) is 10.9 Å². The maximum Gasteiger partial charge on any atom is 0.262 e. The van der Waals surface area contributed by atoms with Crippen molar-refractivity contribution in [3.05, 3.63) is 34.1 Å². The Kier molecular flexibility index (Phi) is 5.95. The van der Waals surface area contributed by atoms with Crippen molar-refractivity contribution >= 4 is 22.7 Å². The van der Waals surface area contributed by atoms with Crippen LogP contribution in [0.2, 0.25) is 0 Å². The summed E-state index contributed by atoms with van der Waals surface area (Å²) in [5.41, 5.74) is 2.18. The molecule has 6 heteroatoms. The highest BCUT2D eigenvalue weighted by Gasteiger charge is 2.19. The Bertz CT molecular complexity index is 949. The number of thioether (sulfide) groups is 1. The van der Waals surface area contributed by atoms with Gasteiger partial charge in [0, 0.05) is 18.4 Å². The van der Waals surface area contributed by atoms with Crippen molar-refractivity contribution < 1.29 is 9.47 Å². The average molecular weight is 401 g/mol. The largest absolute Gasteiger partial charge is 0.454 e. The molecule has 0 radical (unpaired) electrons. The summed E-state index contributed by atoms with van der Waals surface area (Å²) in [4.78, 5) is 18.2. The maximum atomic E-state index is 13.3. The maximum absolute atomic E-state index is 13.3. The molecule has 0 amide bonds. The molecular weight excluding hydrogens is 372 g/mol. The predicted octanol–water partition coefficient (Wildman–Crippen LogP) is 5.15. The number of hydrogen-bond donors (Lipinski definition) is 0. The van der Waals surface area contributed by atoms with Crippen molar-refractivity contribution in [3.63, 3.8) is 0 Å². The first-order valence-electron chi connectivity index (χ1n) is 10.3. The van der Waals surface area contributed by atoms with E-state index in [1.54, 1.807) is 17.8 Å². The van der Waals surface area contributed by atoms with Gasteiger partial charge in [0.15, 0.2) is 16.7 Å². The second-order valence-electron chi connectivity index (χ2n) is 7.96. The molecule has 0 spiro atoms. The minimum atomic E-state index is 0.0201. The number of nitrogens with zero attached hydrogens (tertiary/aromatic N) is 2. The Morgan fingerprint density at radius 2 is 2.04 bits per heavy atom. The van der Waals surface area contributed by atoms with Crippen LogP contribution in [0.1, 0.15) is 52.4 Å². The van der Waals surface area contributed by atoms with Crippen molar-refractivity contribution in [2.45, 2.75) is 64.1 Å². The van der Waals surface area contributed by atoms with E-state index in [-0.39, 0.29) is 12.4 Å². The lowest BCUT2D eigenvalue weighted by Gasteiger charge is -2.16. The van der Waals surface area contributed by atoms with E-state index in [9.17, 15) is 4.79 Å². The van der Waals surface area contributed by atoms with E-state index < -0.39 is 0 Å². The second kappa shape index (κ2) is 8.60. The highest BCUT2D eigenvalue weighted by atomic mass is 32.2. The Balaban J connectivity index is 1.68. The quantitative estimate of drug-likeness (QED) is 0.365. The van der Waals surface area contributed by atoms with E-state index >= 15 is 0 Å². The number of benzene rings is 1. The number of hydrogen-bond acceptors (Lipinski definition) is 5. The molecule has 1 aromatic heterocycles. The highest BCUT2D eigenvalue weighted by Crippen LogP contribution is 2.35. The summed E-state index contributed by atoms with van der Waals surface area (Å²) < 4.78 is 12.8. The molecule has 0 N–H and O–H groups in total. The van der Waals surface area contributed by atoms with Crippen LogP contribution in [0.15, 0.2) is 33.7 Å². The van der Waals surface area contributed by atoms with E-state index in [1.807, 2.05) is 10.6 Å². The molecule has 0 saturated carbocycles. The van der Waals surface area contributed by atoms with Crippen LogP contribution in [-0.4, -0.2) is 22.1 Å². The van der Waals surface area contributed by atoms with Crippen LogP contribution in [0.5, 0.6) is 11.5 Å². The molecule has 1 aromatic carbocycles. The van der Waals surface area contributed by atoms with E-state index in [4.69, 9.17) is 14.5 Å². The molecule has 28 heavy (non-hydrogen) atoms. The number of ether oxygens (including phenoxy) is 2. The van der Waals surface area contributed by atoms with Crippen molar-refractivity contribution in [1.29, 1.82) is 0 Å². The van der Waals surface area contributed by atoms with Crippen LogP contribution >= 0.6 is 11.8 Å². The topological polar surface area (TPSA) is 53.4 Å². The molecule has 0 atom stereocenters. The first kappa shape index (κ1) is 19.4. The number of fused-ring (bicyclic) bond motifs is 2. The fraction of sp³-hybridized carbons (Fsp3) is 0.545. The third-order valence-corrected chi connectivity index (χ3v) is 6.39. The Labute approximate surface area is 170 Å². The summed E-state index contributed by atoms with van der Waals surface area (Å²) in [5, 5.41) is 1.42. The van der Waals surface area contributed by atoms with E-state index in [1.165, 1.54) is 24.8 Å². The lowest BCUT2D eigenvalue weighted by molar-refractivity contribution is 0.174. The molecule has 2 aromatic rings. The van der Waals surface area contributed by atoms with Crippen LogP contribution in [0.3, 0.4) is 0 Å². The van der Waals surface area contributed by atoms with Gasteiger partial charge in [0.1, 0.15) is 0 Å². The zero-order chi connectivity index (χ0) is 19.5. The first-order valence-corrected chi connectivity index (χ1v) is 11.3. The Morgan fingerprint density at radius 1 is 1.21 bits per heavy atom. The van der Waals surface area contributed by atoms with Gasteiger partial charge in [-0.05, 0) is 50.5 Å². The molecule has 1 aliphatic carbocycles. The highest BCUT2D eigenvalue weighted by molar-refractivity contribution is 7.99. The Hall–Kier alpha value is -1.95. The molecule has 150 valence electrons. The zero-order valence-corrected chi connectivity index (χ0v) is 17.5. The standard InChI is InChI=1S/C22H28N2O3S/c1-15(2)9-11-28-22-23-18-13-20-19(26-14-27-20)12-17(18)21(25)24(22)10-8-16-6-4-3-5-7-16/h6,12-13,15H,3-5,7-11,14H2,1-2H3. The molecule has 2 aliphatic rings. The third-order valence-electron chi connectivity index (χ3n) is 5.38. The fourth-order valence-corrected chi connectivity index (χ4v) is 4.94. The average Bonchev–Trinajstić information content (AvgIpc) is 3.14. The number of rotatable bonds is 7. The minimum absolute atomic E-state index is 0.0201. The molecule has 1 aliphatic heterocycles. The summed E-state index contributed by atoms with van der Waals surface area (Å²) in [6.45, 7) is 5.32. The van der Waals surface area contributed by atoms with Gasteiger partial charge in [-0.15, -0.1) is 0 Å². The number of aromatic nitrogens is 2. The van der Waals surface area contributed by atoms with Crippen LogP contribution in [0.4, 0.5) is 0 Å². The van der Waals surface area contributed by atoms with E-state index in [0.717, 1.165) is 30.2 Å². The van der Waals surface area contributed by atoms with Gasteiger partial charge in [0.2, 0.25) is 6.79 Å². The van der Waals surface area contributed by atoms with Gasteiger partial charge < -0.3 is 9.47 Å². The van der Waals surface area contributed by atoms with Gasteiger partial charge >= 0.3 is 0 Å². The minimum Gasteiger partial charge on any atom is -0.454 e. The molecule has 5 nitrogen and oxygen atoms in total. The summed E-state index contributed by atoms with van der Waals surface area (Å²) in [6, 6.07) is 3.62. The van der Waals surface area contributed by atoms with E-state index in [0.29, 0.717) is 34.9 Å². The van der Waals surface area contributed by atoms with Crippen molar-refractivity contribution in [2.24, 2.45) is 5.92 Å². The van der Waals surface area contributed by atoms with Gasteiger partial charge in [0.05, 0.1) is 10.9 Å². The van der Waals surface area contributed by atoms with Gasteiger partial charge in [-0.1, -0.05) is 37.3 Å². The van der Waals surface area contributed by atoms with Gasteiger partial charge in [-0.2, -0.15) is 0 Å². The first-order chi connectivity index (χ1) is 13.6. The second-order valence-corrected chi connectivity index (χ2v) is 9.02. The number of allylic oxidation sites excluding steroid dienone is 2. The third kappa shape index (κ3) is 4.22. The summed E-state index contributed by atoms with van der Waals surface area (Å²) in [7, 11) is 0. The normalized spacial score (nSPS) is 16.0. The van der Waals surface area contributed by atoms with Crippen molar-refractivity contribution in [2.75, 3.05) is 12.5 Å². The summed E-state index contributed by atoms with van der Waals surface area (Å²) in [6.07, 6.45) is 9.25. The molecule has 4 rings (SSSR count). The van der Waals surface area contributed by atoms with Crippen molar-refractivity contribution in [1.82, 2.24) is 9.55 Å². The van der Waals surface area contributed by atoms with Crippen molar-refractivity contribution in [3.8, 4) is 11.5 Å². The van der Waals surface area contributed by atoms with E-state index in [2.05, 4.69) is 19.9 Å². The molecule has 0 saturated heterocycles. The SMILES string of the molecule is CC(C)CCSc1nc2cc3c(cc2c(=O)n1CCC1=CCCCC1)OCO3. The van der Waals surface area contributed by atoms with Gasteiger partial charge in [-0.3, -0.25) is 9.36 Å². The molecule has 0 bridgehead atoms. The van der Waals surface area contributed by atoms with Gasteiger partial charge in [-0.25, -0.2) is 4.98 Å². The molecule has 0 unspecified atom stereocenters. The smallest absolute Gasteiger partial charge is 0.262 e. The summed E-state index contributed by atoms with van der Waals surface area (Å²) in [5.74, 6) is 2.90. The zero-order valence-electron chi connectivity index (χ0n) is 16.7. The van der Waals surface area contributed by atoms with Gasteiger partial charge in [0.25, 0.3) is 5.56 Å². The monoisotopic (exact) mass is 400 g/mol.